The monoisotopic (exact) mass is 312 g/mol. The van der Waals surface area contributed by atoms with Crippen molar-refractivity contribution in [3.05, 3.63) is 63.9 Å². The van der Waals surface area contributed by atoms with Gasteiger partial charge in [0, 0.05) is 17.5 Å². The Labute approximate surface area is 135 Å². The number of nitriles is 1. The maximum Gasteiger partial charge on any atom is 0.0991 e. The standard InChI is InChI=1S/C18H20N2OS/c1-14(12-17(21)18-5-3-11-22-18)20-10-2-4-15-6-8-16(13-19)9-7-15/h2-9,11,14,17,20-21H,10,12H2,1H3/b4-2+. The topological polar surface area (TPSA) is 56.0 Å². The number of aliphatic hydroxyl groups excluding tert-OH is 1. The fourth-order valence-corrected chi connectivity index (χ4v) is 2.87. The van der Waals surface area contributed by atoms with E-state index in [1.807, 2.05) is 47.9 Å². The van der Waals surface area contributed by atoms with Gasteiger partial charge in [-0.1, -0.05) is 30.4 Å². The molecule has 1 aromatic heterocycles. The van der Waals surface area contributed by atoms with Crippen molar-refractivity contribution in [2.24, 2.45) is 0 Å². The molecule has 0 aliphatic heterocycles. The zero-order chi connectivity index (χ0) is 15.8. The summed E-state index contributed by atoms with van der Waals surface area (Å²) in [5.74, 6) is 0. The van der Waals surface area contributed by atoms with Crippen LogP contribution in [0.25, 0.3) is 6.08 Å². The van der Waals surface area contributed by atoms with Crippen LogP contribution in [0.4, 0.5) is 0 Å². The first-order valence-electron chi connectivity index (χ1n) is 7.30. The Kier molecular flexibility index (Phi) is 6.35. The molecule has 0 saturated carbocycles. The van der Waals surface area contributed by atoms with Gasteiger partial charge in [0.15, 0.2) is 0 Å². The van der Waals surface area contributed by atoms with Crippen molar-refractivity contribution in [3.8, 4) is 6.07 Å². The maximum absolute atomic E-state index is 10.1. The molecule has 2 atom stereocenters. The lowest BCUT2D eigenvalue weighted by molar-refractivity contribution is 0.158. The molecule has 2 rings (SSSR count). The minimum absolute atomic E-state index is 0.239. The number of hydrogen-bond donors (Lipinski definition) is 2. The molecule has 2 aromatic rings. The summed E-state index contributed by atoms with van der Waals surface area (Å²) in [6.07, 6.45) is 4.38. The molecule has 1 heterocycles. The predicted octanol–water partition coefficient (Wildman–Crippen LogP) is 3.73. The molecule has 0 radical (unpaired) electrons. The number of rotatable bonds is 7. The molecule has 114 valence electrons. The zero-order valence-corrected chi connectivity index (χ0v) is 13.4. The lowest BCUT2D eigenvalue weighted by atomic mass is 10.1. The third-order valence-corrected chi connectivity index (χ3v) is 4.36. The van der Waals surface area contributed by atoms with Crippen molar-refractivity contribution in [2.45, 2.75) is 25.5 Å². The summed E-state index contributed by atoms with van der Waals surface area (Å²) in [5, 5.41) is 24.2. The molecule has 2 N–H and O–H groups in total. The highest BCUT2D eigenvalue weighted by atomic mass is 32.1. The van der Waals surface area contributed by atoms with Gasteiger partial charge < -0.3 is 10.4 Å². The Morgan fingerprint density at radius 3 is 2.73 bits per heavy atom. The first-order valence-corrected chi connectivity index (χ1v) is 8.18. The quantitative estimate of drug-likeness (QED) is 0.819. The fraction of sp³-hybridized carbons (Fsp3) is 0.278. The molecule has 0 fully saturated rings. The van der Waals surface area contributed by atoms with Crippen molar-refractivity contribution in [2.75, 3.05) is 6.54 Å². The van der Waals surface area contributed by atoms with Crippen LogP contribution in [0.5, 0.6) is 0 Å². The maximum atomic E-state index is 10.1. The number of nitrogens with one attached hydrogen (secondary N) is 1. The Morgan fingerprint density at radius 2 is 2.09 bits per heavy atom. The largest absolute Gasteiger partial charge is 0.388 e. The Balaban J connectivity index is 1.73. The Hall–Kier alpha value is -1.93. The van der Waals surface area contributed by atoms with Crippen molar-refractivity contribution in [3.63, 3.8) is 0 Å². The summed E-state index contributed by atoms with van der Waals surface area (Å²) < 4.78 is 0. The second kappa shape index (κ2) is 8.50. The Morgan fingerprint density at radius 1 is 1.32 bits per heavy atom. The number of benzene rings is 1. The van der Waals surface area contributed by atoms with E-state index in [9.17, 15) is 5.11 Å². The van der Waals surface area contributed by atoms with E-state index in [2.05, 4.69) is 24.4 Å². The van der Waals surface area contributed by atoms with Gasteiger partial charge in [-0.05, 0) is 42.5 Å². The van der Waals surface area contributed by atoms with Crippen LogP contribution in [0, 0.1) is 11.3 Å². The summed E-state index contributed by atoms with van der Waals surface area (Å²) in [6, 6.07) is 13.8. The number of aliphatic hydroxyl groups is 1. The molecule has 0 aliphatic carbocycles. The normalized spacial score (nSPS) is 13.9. The molecule has 0 bridgehead atoms. The van der Waals surface area contributed by atoms with Gasteiger partial charge in [0.05, 0.1) is 17.7 Å². The van der Waals surface area contributed by atoms with Gasteiger partial charge in [-0.25, -0.2) is 0 Å². The summed E-state index contributed by atoms with van der Waals surface area (Å²) in [7, 11) is 0. The molecule has 0 saturated heterocycles. The van der Waals surface area contributed by atoms with E-state index >= 15 is 0 Å². The number of nitrogens with zero attached hydrogens (tertiary/aromatic N) is 1. The lowest BCUT2D eigenvalue weighted by Crippen LogP contribution is -2.27. The van der Waals surface area contributed by atoms with Crippen LogP contribution < -0.4 is 5.32 Å². The molecule has 0 aliphatic rings. The minimum atomic E-state index is -0.398. The van der Waals surface area contributed by atoms with Crippen LogP contribution in [0.1, 0.15) is 35.5 Å². The van der Waals surface area contributed by atoms with Gasteiger partial charge in [-0.3, -0.25) is 0 Å². The summed E-state index contributed by atoms with van der Waals surface area (Å²) in [4.78, 5) is 1.02. The van der Waals surface area contributed by atoms with Gasteiger partial charge in [0.1, 0.15) is 0 Å². The smallest absolute Gasteiger partial charge is 0.0991 e. The molecule has 2 unspecified atom stereocenters. The summed E-state index contributed by atoms with van der Waals surface area (Å²) in [5.41, 5.74) is 1.75. The molecule has 3 nitrogen and oxygen atoms in total. The Bertz CT molecular complexity index is 626. The van der Waals surface area contributed by atoms with E-state index in [0.29, 0.717) is 12.0 Å². The molecule has 4 heteroatoms. The average molecular weight is 312 g/mol. The highest BCUT2D eigenvalue weighted by Crippen LogP contribution is 2.22. The molecule has 1 aromatic carbocycles. The SMILES string of the molecule is CC(CC(O)c1cccs1)NC/C=C/c1ccc(C#N)cc1. The van der Waals surface area contributed by atoms with E-state index in [-0.39, 0.29) is 6.04 Å². The highest BCUT2D eigenvalue weighted by Gasteiger charge is 2.12. The predicted molar refractivity (Wildman–Crippen MR) is 91.6 cm³/mol. The number of hydrogen-bond acceptors (Lipinski definition) is 4. The zero-order valence-electron chi connectivity index (χ0n) is 12.6. The third-order valence-electron chi connectivity index (χ3n) is 3.38. The van der Waals surface area contributed by atoms with Crippen molar-refractivity contribution < 1.29 is 5.11 Å². The third kappa shape index (κ3) is 5.12. The van der Waals surface area contributed by atoms with E-state index in [1.165, 1.54) is 0 Å². The van der Waals surface area contributed by atoms with E-state index in [0.717, 1.165) is 17.0 Å². The van der Waals surface area contributed by atoms with Gasteiger partial charge in [0.2, 0.25) is 0 Å². The van der Waals surface area contributed by atoms with E-state index in [1.54, 1.807) is 11.3 Å². The highest BCUT2D eigenvalue weighted by molar-refractivity contribution is 7.10. The minimum Gasteiger partial charge on any atom is -0.388 e. The van der Waals surface area contributed by atoms with E-state index in [4.69, 9.17) is 5.26 Å². The first-order chi connectivity index (χ1) is 10.7. The van der Waals surface area contributed by atoms with Crippen LogP contribution in [0.3, 0.4) is 0 Å². The molecule has 0 spiro atoms. The molecule has 22 heavy (non-hydrogen) atoms. The van der Waals surface area contributed by atoms with Crippen LogP contribution in [0.2, 0.25) is 0 Å². The van der Waals surface area contributed by atoms with Gasteiger partial charge in [0.25, 0.3) is 0 Å². The molecular weight excluding hydrogens is 292 g/mol. The van der Waals surface area contributed by atoms with Crippen molar-refractivity contribution in [1.29, 1.82) is 5.26 Å². The number of thiophene rings is 1. The lowest BCUT2D eigenvalue weighted by Gasteiger charge is -2.16. The van der Waals surface area contributed by atoms with Crippen molar-refractivity contribution >= 4 is 17.4 Å². The van der Waals surface area contributed by atoms with Gasteiger partial charge >= 0.3 is 0 Å². The van der Waals surface area contributed by atoms with Gasteiger partial charge in [-0.2, -0.15) is 5.26 Å². The second-order valence-electron chi connectivity index (χ2n) is 5.21. The van der Waals surface area contributed by atoms with Crippen molar-refractivity contribution in [1.82, 2.24) is 5.32 Å². The summed E-state index contributed by atoms with van der Waals surface area (Å²) >= 11 is 1.59. The second-order valence-corrected chi connectivity index (χ2v) is 6.19. The van der Waals surface area contributed by atoms with Crippen LogP contribution >= 0.6 is 11.3 Å². The van der Waals surface area contributed by atoms with Gasteiger partial charge in [-0.15, -0.1) is 11.3 Å². The van der Waals surface area contributed by atoms with E-state index < -0.39 is 6.10 Å². The molecule has 0 amide bonds. The first kappa shape index (κ1) is 16.4. The van der Waals surface area contributed by atoms with Crippen LogP contribution in [-0.2, 0) is 0 Å². The molecular formula is C18H20N2OS. The van der Waals surface area contributed by atoms with Crippen LogP contribution in [-0.4, -0.2) is 17.7 Å². The van der Waals surface area contributed by atoms with Crippen LogP contribution in [0.15, 0.2) is 47.9 Å². The average Bonchev–Trinajstić information content (AvgIpc) is 3.06. The summed E-state index contributed by atoms with van der Waals surface area (Å²) in [6.45, 7) is 2.82. The fourth-order valence-electron chi connectivity index (χ4n) is 2.15.